The van der Waals surface area contributed by atoms with Crippen molar-refractivity contribution in [2.45, 2.75) is 0 Å². The van der Waals surface area contributed by atoms with E-state index in [1.54, 1.807) is 24.3 Å². The van der Waals surface area contributed by atoms with Crippen LogP contribution >= 0.6 is 0 Å². The van der Waals surface area contributed by atoms with Gasteiger partial charge in [0.05, 0.1) is 0 Å². The van der Waals surface area contributed by atoms with Gasteiger partial charge in [-0.05, 0) is 57.3 Å². The third kappa shape index (κ3) is 2.66. The molecule has 4 heteroatoms. The molecule has 0 aromatic heterocycles. The topological polar surface area (TPSA) is 56.3 Å². The van der Waals surface area contributed by atoms with E-state index in [0.29, 0.717) is 11.4 Å². The fourth-order valence-corrected chi connectivity index (χ4v) is 3.24. The second kappa shape index (κ2) is 6.47. The molecule has 0 spiro atoms. The van der Waals surface area contributed by atoms with Crippen LogP contribution in [0.5, 0.6) is 0 Å². The van der Waals surface area contributed by atoms with Crippen LogP contribution in [0.2, 0.25) is 0 Å². The largest absolute Gasteiger partial charge is 0.385 e. The van der Waals surface area contributed by atoms with E-state index in [9.17, 15) is 0 Å². The molecule has 0 amide bonds. The van der Waals surface area contributed by atoms with E-state index in [2.05, 4.69) is 34.2 Å². The van der Waals surface area contributed by atoms with Crippen LogP contribution in [0.15, 0.2) is 84.9 Å². The van der Waals surface area contributed by atoms with Gasteiger partial charge >= 0.3 is 11.4 Å². The zero-order chi connectivity index (χ0) is 17.9. The number of benzene rings is 4. The first-order valence-electron chi connectivity index (χ1n) is 8.23. The van der Waals surface area contributed by atoms with Gasteiger partial charge < -0.3 is 0 Å². The third-order valence-electron chi connectivity index (χ3n) is 4.49. The van der Waals surface area contributed by atoms with Gasteiger partial charge in [0.15, 0.2) is 9.95 Å². The van der Waals surface area contributed by atoms with Crippen LogP contribution in [0.3, 0.4) is 0 Å². The monoisotopic (exact) mass is 334 g/mol. The summed E-state index contributed by atoms with van der Waals surface area (Å²) in [7, 11) is 0. The summed E-state index contributed by atoms with van der Waals surface area (Å²) in [5.41, 5.74) is 5.38. The molecule has 4 nitrogen and oxygen atoms in total. The molecule has 0 aliphatic carbocycles. The molecule has 4 rings (SSSR count). The first kappa shape index (κ1) is 15.5. The van der Waals surface area contributed by atoms with Gasteiger partial charge in [-0.3, -0.25) is 0 Å². The van der Waals surface area contributed by atoms with Crippen LogP contribution in [-0.2, 0) is 0 Å². The molecule has 0 heterocycles. The quantitative estimate of drug-likeness (QED) is 0.366. The van der Waals surface area contributed by atoms with Crippen LogP contribution < -0.4 is 0 Å². The van der Waals surface area contributed by atoms with Crippen molar-refractivity contribution in [3.63, 3.8) is 0 Å². The molecule has 0 aliphatic rings. The molecule has 120 valence electrons. The normalized spacial score (nSPS) is 10.2. The fraction of sp³-hybridized carbons (Fsp3) is 0. The Labute approximate surface area is 150 Å². The molecule has 0 atom stereocenters. The van der Waals surface area contributed by atoms with E-state index in [0.717, 1.165) is 33.0 Å². The molecule has 26 heavy (non-hydrogen) atoms. The maximum atomic E-state index is 8.91. The maximum absolute atomic E-state index is 8.91. The Hall–Kier alpha value is -4.02. The van der Waals surface area contributed by atoms with E-state index in [-0.39, 0.29) is 0 Å². The minimum Gasteiger partial charge on any atom is -0.0610 e. The van der Waals surface area contributed by atoms with Crippen LogP contribution in [0, 0.1) is 10.8 Å². The zero-order valence-electron chi connectivity index (χ0n) is 13.9. The smallest absolute Gasteiger partial charge is 0.0610 e. The molecule has 0 bridgehead atoms. The van der Waals surface area contributed by atoms with Gasteiger partial charge in [0.2, 0.25) is 10.8 Å². The highest BCUT2D eigenvalue weighted by molar-refractivity contribution is 6.06. The Morgan fingerprint density at radius 3 is 1.31 bits per heavy atom. The second-order valence-corrected chi connectivity index (χ2v) is 6.00. The lowest BCUT2D eigenvalue weighted by Gasteiger charge is -2.12. The third-order valence-corrected chi connectivity index (χ3v) is 4.49. The Morgan fingerprint density at radius 2 is 0.923 bits per heavy atom. The molecule has 4 aromatic rings. The van der Waals surface area contributed by atoms with E-state index in [1.807, 2.05) is 36.4 Å². The van der Waals surface area contributed by atoms with Crippen molar-refractivity contribution >= 4 is 22.1 Å². The Morgan fingerprint density at radius 1 is 0.500 bits per heavy atom. The number of nitrogens with zero attached hydrogens (tertiary/aromatic N) is 4. The number of rotatable bonds is 2. The van der Waals surface area contributed by atoms with Crippen molar-refractivity contribution in [1.29, 1.82) is 10.8 Å². The zero-order valence-corrected chi connectivity index (χ0v) is 13.9. The van der Waals surface area contributed by atoms with Crippen molar-refractivity contribution in [2.24, 2.45) is 0 Å². The van der Waals surface area contributed by atoms with Crippen LogP contribution in [-0.4, -0.2) is 0 Å². The summed E-state index contributed by atoms with van der Waals surface area (Å²) in [5, 5.41) is 20.1. The van der Waals surface area contributed by atoms with Crippen molar-refractivity contribution in [3.05, 3.63) is 94.9 Å². The van der Waals surface area contributed by atoms with Gasteiger partial charge in [-0.15, -0.1) is 0 Å². The highest BCUT2D eigenvalue weighted by atomic mass is 14.8. The van der Waals surface area contributed by atoms with Crippen molar-refractivity contribution in [1.82, 2.24) is 0 Å². The average molecular weight is 334 g/mol. The number of hydrogen-bond acceptors (Lipinski definition) is 2. The summed E-state index contributed by atoms with van der Waals surface area (Å²) < 4.78 is 0. The first-order chi connectivity index (χ1) is 12.8. The number of hydrogen-bond donors (Lipinski definition) is 0. The molecular formula is C22H14N4+2. The molecule has 4 aromatic carbocycles. The molecule has 0 radical (unpaired) electrons. The summed E-state index contributed by atoms with van der Waals surface area (Å²) >= 11 is 0. The molecular weight excluding hydrogens is 320 g/mol. The standard InChI is InChI=1S/C22H14N4/c23-25-18-11-7-15(8-12-18)20-5-1-3-17-4-2-6-21(22(17)20)16-9-13-19(26-24)14-10-16/h1-14H/q+2. The SMILES string of the molecule is N#[N+]c1ccc(-c2cccc3cccc(-c4ccc([N+]#N)cc4)c23)cc1. The van der Waals surface area contributed by atoms with Crippen LogP contribution in [0.25, 0.3) is 43.0 Å². The summed E-state index contributed by atoms with van der Waals surface area (Å²) in [6.07, 6.45) is 0. The predicted molar refractivity (Wildman–Crippen MR) is 104 cm³/mol. The van der Waals surface area contributed by atoms with Crippen molar-refractivity contribution in [3.8, 4) is 22.3 Å². The minimum atomic E-state index is 0.526. The van der Waals surface area contributed by atoms with E-state index >= 15 is 0 Å². The van der Waals surface area contributed by atoms with Gasteiger partial charge in [-0.2, -0.15) is 0 Å². The number of fused-ring (bicyclic) bond motifs is 1. The predicted octanol–water partition coefficient (Wildman–Crippen LogP) is 7.14. The van der Waals surface area contributed by atoms with Gasteiger partial charge in [0.25, 0.3) is 0 Å². The van der Waals surface area contributed by atoms with E-state index in [4.69, 9.17) is 10.8 Å². The fourth-order valence-electron chi connectivity index (χ4n) is 3.24. The lowest BCUT2D eigenvalue weighted by atomic mass is 9.91. The Balaban J connectivity index is 1.97. The lowest BCUT2D eigenvalue weighted by Crippen LogP contribution is -1.86. The first-order valence-corrected chi connectivity index (χ1v) is 8.23. The molecule has 0 aliphatic heterocycles. The number of diazo groups is 2. The minimum absolute atomic E-state index is 0.526. The second-order valence-electron chi connectivity index (χ2n) is 6.00. The Bertz CT molecular complexity index is 1090. The maximum Gasteiger partial charge on any atom is 0.385 e. The van der Waals surface area contributed by atoms with Crippen molar-refractivity contribution in [2.75, 3.05) is 0 Å². The highest BCUT2D eigenvalue weighted by Crippen LogP contribution is 2.37. The molecule has 0 saturated heterocycles. The lowest BCUT2D eigenvalue weighted by molar-refractivity contribution is 1.46. The van der Waals surface area contributed by atoms with Gasteiger partial charge in [-0.1, -0.05) is 36.4 Å². The van der Waals surface area contributed by atoms with E-state index < -0.39 is 0 Å². The van der Waals surface area contributed by atoms with Gasteiger partial charge in [0.1, 0.15) is 0 Å². The van der Waals surface area contributed by atoms with Crippen molar-refractivity contribution < 1.29 is 0 Å². The van der Waals surface area contributed by atoms with Crippen LogP contribution in [0.1, 0.15) is 0 Å². The average Bonchev–Trinajstić information content (AvgIpc) is 2.73. The summed E-state index contributed by atoms with van der Waals surface area (Å²) in [6.45, 7) is 0. The summed E-state index contributed by atoms with van der Waals surface area (Å²) in [5.74, 6) is 0. The molecule has 0 saturated carbocycles. The summed E-state index contributed by atoms with van der Waals surface area (Å²) in [6, 6.07) is 27.4. The van der Waals surface area contributed by atoms with Gasteiger partial charge in [0, 0.05) is 24.3 Å². The Kier molecular flexibility index (Phi) is 3.86. The molecule has 0 N–H and O–H groups in total. The van der Waals surface area contributed by atoms with Gasteiger partial charge in [-0.25, -0.2) is 0 Å². The highest BCUT2D eigenvalue weighted by Gasteiger charge is 2.12. The van der Waals surface area contributed by atoms with Crippen LogP contribution in [0.4, 0.5) is 11.4 Å². The molecule has 0 fully saturated rings. The summed E-state index contributed by atoms with van der Waals surface area (Å²) in [4.78, 5) is 6.44. The van der Waals surface area contributed by atoms with E-state index in [1.165, 1.54) is 0 Å². The molecule has 0 unspecified atom stereocenters.